The molecule has 3 N–H and O–H groups in total. The van der Waals surface area contributed by atoms with Crippen molar-refractivity contribution >= 4 is 10.0 Å². The van der Waals surface area contributed by atoms with E-state index in [0.29, 0.717) is 24.3 Å². The summed E-state index contributed by atoms with van der Waals surface area (Å²) >= 11 is 0. The fourth-order valence-corrected chi connectivity index (χ4v) is 4.90. The topological polar surface area (TPSA) is 75.4 Å². The average molecular weight is 325 g/mol. The molecule has 5 nitrogen and oxygen atoms in total. The van der Waals surface area contributed by atoms with Crippen molar-refractivity contribution in [3.63, 3.8) is 0 Å². The van der Waals surface area contributed by atoms with Gasteiger partial charge in [0.25, 0.3) is 0 Å². The molecule has 0 bridgehead atoms. The van der Waals surface area contributed by atoms with E-state index < -0.39 is 15.6 Å². The minimum atomic E-state index is -3.56. The van der Waals surface area contributed by atoms with Crippen LogP contribution >= 0.6 is 0 Å². The number of sulfonamides is 1. The number of nitrogens with two attached hydrogens (primary N) is 1. The molecule has 22 heavy (non-hydrogen) atoms. The first-order chi connectivity index (χ1) is 10.4. The molecule has 0 amide bonds. The van der Waals surface area contributed by atoms with Crippen LogP contribution in [-0.4, -0.2) is 39.0 Å². The lowest BCUT2D eigenvalue weighted by Crippen LogP contribution is -2.52. The normalized spacial score (nSPS) is 16.5. The van der Waals surface area contributed by atoms with Gasteiger partial charge in [-0.25, -0.2) is 13.1 Å². The molecule has 1 aliphatic rings. The molecule has 0 aliphatic carbocycles. The maximum atomic E-state index is 12.9. The summed E-state index contributed by atoms with van der Waals surface area (Å²) in [5.41, 5.74) is 7.32. The molecule has 0 aromatic heterocycles. The number of nitrogens with one attached hydrogen (secondary N) is 1. The highest BCUT2D eigenvalue weighted by Gasteiger charge is 2.32. The van der Waals surface area contributed by atoms with E-state index >= 15 is 0 Å². The Kier molecular flexibility index (Phi) is 5.27. The van der Waals surface area contributed by atoms with Crippen LogP contribution in [0.25, 0.3) is 0 Å². The zero-order valence-electron chi connectivity index (χ0n) is 13.7. The molecule has 0 saturated carbocycles. The number of benzene rings is 1. The zero-order valence-corrected chi connectivity index (χ0v) is 14.5. The first-order valence-electron chi connectivity index (χ1n) is 7.91. The molecule has 124 valence electrons. The molecule has 1 aromatic rings. The molecule has 2 rings (SSSR count). The predicted octanol–water partition coefficient (Wildman–Crippen LogP) is 1.47. The third kappa shape index (κ3) is 3.35. The number of hydrogen-bond donors (Lipinski definition) is 2. The van der Waals surface area contributed by atoms with Gasteiger partial charge >= 0.3 is 0 Å². The van der Waals surface area contributed by atoms with Crippen LogP contribution in [0, 0.1) is 0 Å². The second-order valence-corrected chi connectivity index (χ2v) is 7.83. The molecule has 1 aliphatic heterocycles. The molecule has 0 radical (unpaired) electrons. The fourth-order valence-electron chi connectivity index (χ4n) is 3.03. The maximum absolute atomic E-state index is 12.9. The van der Waals surface area contributed by atoms with Crippen molar-refractivity contribution < 1.29 is 8.42 Å². The van der Waals surface area contributed by atoms with Crippen LogP contribution in [0.4, 0.5) is 0 Å². The summed E-state index contributed by atoms with van der Waals surface area (Å²) in [4.78, 5) is 2.62. The van der Waals surface area contributed by atoms with Crippen molar-refractivity contribution in [2.45, 2.75) is 50.1 Å². The second kappa shape index (κ2) is 6.66. The van der Waals surface area contributed by atoms with Crippen molar-refractivity contribution in [1.82, 2.24) is 9.62 Å². The van der Waals surface area contributed by atoms with Gasteiger partial charge in [-0.2, -0.15) is 0 Å². The van der Waals surface area contributed by atoms with Gasteiger partial charge in [0.2, 0.25) is 10.0 Å². The summed E-state index contributed by atoms with van der Waals surface area (Å²) in [6.07, 6.45) is 2.12. The van der Waals surface area contributed by atoms with Crippen molar-refractivity contribution in [1.29, 1.82) is 0 Å². The molecular weight excluding hydrogens is 298 g/mol. The lowest BCUT2D eigenvalue weighted by molar-refractivity contribution is 0.310. The second-order valence-electron chi connectivity index (χ2n) is 6.18. The quantitative estimate of drug-likeness (QED) is 0.830. The Bertz CT molecular complexity index is 616. The lowest BCUT2D eigenvalue weighted by Gasteiger charge is -2.32. The highest BCUT2D eigenvalue weighted by molar-refractivity contribution is 7.89. The highest BCUT2D eigenvalue weighted by atomic mass is 32.2. The zero-order chi connectivity index (χ0) is 16.4. The Morgan fingerprint density at radius 2 is 2.00 bits per heavy atom. The van der Waals surface area contributed by atoms with E-state index in [4.69, 9.17) is 5.73 Å². The summed E-state index contributed by atoms with van der Waals surface area (Å²) in [5, 5.41) is 0. The first-order valence-corrected chi connectivity index (χ1v) is 9.39. The van der Waals surface area contributed by atoms with Crippen molar-refractivity contribution in [3.8, 4) is 0 Å². The molecule has 1 heterocycles. The van der Waals surface area contributed by atoms with Gasteiger partial charge < -0.3 is 10.6 Å². The Hall–Kier alpha value is -0.950. The van der Waals surface area contributed by atoms with E-state index in [-0.39, 0.29) is 0 Å². The molecule has 0 atom stereocenters. The molecule has 0 saturated heterocycles. The summed E-state index contributed by atoms with van der Waals surface area (Å²) in [7, 11) is -1.51. The standard InChI is InChI=1S/C16H27N3O2S/c1-4-16(5-2,12-17)18-22(20,21)15-8-6-7-13-11-19(3)10-9-14(13)15/h6-8,18H,4-5,9-12,17H2,1-3H3. The van der Waals surface area contributed by atoms with Crippen molar-refractivity contribution in [3.05, 3.63) is 29.3 Å². The minimum Gasteiger partial charge on any atom is -0.329 e. The smallest absolute Gasteiger partial charge is 0.241 e. The SMILES string of the molecule is CCC(CC)(CN)NS(=O)(=O)c1cccc2c1CCN(C)C2. The van der Waals surface area contributed by atoms with Gasteiger partial charge in [-0.15, -0.1) is 0 Å². The Balaban J connectivity index is 2.41. The monoisotopic (exact) mass is 325 g/mol. The summed E-state index contributed by atoms with van der Waals surface area (Å²) in [6, 6.07) is 5.55. The number of rotatable bonds is 6. The van der Waals surface area contributed by atoms with E-state index in [1.807, 2.05) is 26.0 Å². The number of likely N-dealkylation sites (N-methyl/N-ethyl adjacent to an activating group) is 1. The number of nitrogens with zero attached hydrogens (tertiary/aromatic N) is 1. The van der Waals surface area contributed by atoms with Crippen LogP contribution in [0.3, 0.4) is 0 Å². The van der Waals surface area contributed by atoms with Gasteiger partial charge in [0.15, 0.2) is 0 Å². The van der Waals surface area contributed by atoms with Gasteiger partial charge in [0, 0.05) is 25.2 Å². The van der Waals surface area contributed by atoms with Crippen LogP contribution in [0.1, 0.15) is 37.8 Å². The van der Waals surface area contributed by atoms with E-state index in [2.05, 4.69) is 16.7 Å². The molecule has 6 heteroatoms. The summed E-state index contributed by atoms with van der Waals surface area (Å²) in [6.45, 7) is 5.91. The Morgan fingerprint density at radius 3 is 2.59 bits per heavy atom. The average Bonchev–Trinajstić information content (AvgIpc) is 2.52. The van der Waals surface area contributed by atoms with Gasteiger partial charge in [-0.05, 0) is 43.5 Å². The summed E-state index contributed by atoms with van der Waals surface area (Å²) < 4.78 is 28.7. The third-order valence-corrected chi connectivity index (χ3v) is 6.46. The van der Waals surface area contributed by atoms with E-state index in [1.54, 1.807) is 6.07 Å². The van der Waals surface area contributed by atoms with E-state index in [1.165, 1.54) is 0 Å². The van der Waals surface area contributed by atoms with Crippen molar-refractivity contribution in [2.75, 3.05) is 20.1 Å². The highest BCUT2D eigenvalue weighted by Crippen LogP contribution is 2.27. The number of fused-ring (bicyclic) bond motifs is 1. The third-order valence-electron chi connectivity index (χ3n) is 4.80. The van der Waals surface area contributed by atoms with Crippen molar-refractivity contribution in [2.24, 2.45) is 5.73 Å². The molecule has 0 spiro atoms. The fraction of sp³-hybridized carbons (Fsp3) is 0.625. The molecule has 0 fully saturated rings. The minimum absolute atomic E-state index is 0.303. The van der Waals surface area contributed by atoms with Crippen LogP contribution in [-0.2, 0) is 23.0 Å². The van der Waals surface area contributed by atoms with Gasteiger partial charge in [-0.1, -0.05) is 26.0 Å². The summed E-state index contributed by atoms with van der Waals surface area (Å²) in [5.74, 6) is 0. The Labute approximate surface area is 133 Å². The lowest BCUT2D eigenvalue weighted by atomic mass is 9.95. The largest absolute Gasteiger partial charge is 0.329 e. The number of hydrogen-bond acceptors (Lipinski definition) is 4. The van der Waals surface area contributed by atoms with Gasteiger partial charge in [-0.3, -0.25) is 0 Å². The van der Waals surface area contributed by atoms with Crippen LogP contribution in [0.5, 0.6) is 0 Å². The molecule has 1 aromatic carbocycles. The first kappa shape index (κ1) is 17.4. The van der Waals surface area contributed by atoms with Crippen LogP contribution < -0.4 is 10.5 Å². The van der Waals surface area contributed by atoms with Gasteiger partial charge in [0.05, 0.1) is 4.90 Å². The maximum Gasteiger partial charge on any atom is 0.241 e. The molecule has 0 unspecified atom stereocenters. The predicted molar refractivity (Wildman–Crippen MR) is 89.2 cm³/mol. The van der Waals surface area contributed by atoms with E-state index in [0.717, 1.165) is 30.6 Å². The van der Waals surface area contributed by atoms with E-state index in [9.17, 15) is 8.42 Å². The Morgan fingerprint density at radius 1 is 1.32 bits per heavy atom. The van der Waals surface area contributed by atoms with Gasteiger partial charge in [0.1, 0.15) is 0 Å². The molecular formula is C16H27N3O2S. The van der Waals surface area contributed by atoms with Crippen LogP contribution in [0.2, 0.25) is 0 Å². The van der Waals surface area contributed by atoms with Crippen LogP contribution in [0.15, 0.2) is 23.1 Å².